The molecule has 4 fully saturated rings. The van der Waals surface area contributed by atoms with E-state index in [0.717, 1.165) is 12.8 Å². The Balaban J connectivity index is 1.35. The van der Waals surface area contributed by atoms with Crippen molar-refractivity contribution >= 4 is 35.9 Å². The maximum atomic E-state index is 15.9. The minimum atomic E-state index is -2.32. The van der Waals surface area contributed by atoms with Crippen molar-refractivity contribution in [3.8, 4) is 0 Å². The smallest absolute Gasteiger partial charge is 0.455 e. The third kappa shape index (κ3) is 10.9. The molecule has 2 aliphatic heterocycles. The molecule has 2 saturated heterocycles. The number of carbonyl (C=O) groups is 6. The number of ether oxygens (including phenoxy) is 11. The predicted octanol–water partition coefficient (Wildman–Crippen LogP) is 7.44. The third-order valence-corrected chi connectivity index (χ3v) is 15.8. The van der Waals surface area contributed by atoms with Crippen LogP contribution in [-0.2, 0) is 66.5 Å². The summed E-state index contributed by atoms with van der Waals surface area (Å²) >= 11 is 0. The molecule has 412 valence electrons. The van der Waals surface area contributed by atoms with Gasteiger partial charge < -0.3 is 62.5 Å². The van der Waals surface area contributed by atoms with Crippen LogP contribution < -0.4 is 5.32 Å². The maximum absolute atomic E-state index is 15.9. The lowest BCUT2D eigenvalue weighted by molar-refractivity contribution is -0.347. The number of hydrogen-bond donors (Lipinski definition) is 2. The number of Topliss-reactive ketones (excluding diaryl/α,β-unsaturated/α-hetero) is 1. The highest BCUT2D eigenvalue weighted by molar-refractivity contribution is 5.94. The van der Waals surface area contributed by atoms with Crippen molar-refractivity contribution in [2.24, 2.45) is 16.7 Å². The van der Waals surface area contributed by atoms with E-state index in [0.29, 0.717) is 18.4 Å². The summed E-state index contributed by atoms with van der Waals surface area (Å²) in [4.78, 5) is 86.7. The van der Waals surface area contributed by atoms with E-state index in [1.54, 1.807) is 97.0 Å². The molecule has 5 aliphatic rings. The van der Waals surface area contributed by atoms with E-state index in [-0.39, 0.29) is 43.0 Å². The van der Waals surface area contributed by atoms with Gasteiger partial charge in [0.2, 0.25) is 6.10 Å². The molecule has 7 rings (SSSR count). The molecular formula is C56H75NO18. The molecule has 1 unspecified atom stereocenters. The van der Waals surface area contributed by atoms with Crippen LogP contribution >= 0.6 is 0 Å². The number of ketones is 1. The van der Waals surface area contributed by atoms with Gasteiger partial charge in [-0.1, -0.05) is 89.1 Å². The van der Waals surface area contributed by atoms with E-state index >= 15 is 9.59 Å². The summed E-state index contributed by atoms with van der Waals surface area (Å²) in [5, 5.41) is 16.8. The molecule has 19 heteroatoms. The van der Waals surface area contributed by atoms with E-state index in [4.69, 9.17) is 52.1 Å². The van der Waals surface area contributed by atoms with E-state index in [1.165, 1.54) is 33.3 Å². The Hall–Kier alpha value is -5.44. The maximum Gasteiger partial charge on any atom is 0.509 e. The van der Waals surface area contributed by atoms with E-state index in [1.807, 2.05) is 13.8 Å². The Labute approximate surface area is 438 Å². The summed E-state index contributed by atoms with van der Waals surface area (Å²) in [6.45, 7) is 16.4. The monoisotopic (exact) mass is 1050 g/mol. The number of carbonyl (C=O) groups excluding carboxylic acids is 6. The molecule has 19 nitrogen and oxygen atoms in total. The van der Waals surface area contributed by atoms with Crippen molar-refractivity contribution < 1.29 is 86.0 Å². The van der Waals surface area contributed by atoms with Crippen LogP contribution in [0.3, 0.4) is 0 Å². The van der Waals surface area contributed by atoms with Crippen LogP contribution in [0.2, 0.25) is 0 Å². The van der Waals surface area contributed by atoms with Gasteiger partial charge >= 0.3 is 30.2 Å². The molecular weight excluding hydrogens is 975 g/mol. The van der Waals surface area contributed by atoms with Gasteiger partial charge in [-0.25, -0.2) is 19.2 Å². The van der Waals surface area contributed by atoms with Crippen molar-refractivity contribution in [1.29, 1.82) is 0 Å². The van der Waals surface area contributed by atoms with Crippen LogP contribution in [0.5, 0.6) is 0 Å². The van der Waals surface area contributed by atoms with Gasteiger partial charge in [0.25, 0.3) is 0 Å². The Morgan fingerprint density at radius 1 is 0.907 bits per heavy atom. The zero-order valence-corrected chi connectivity index (χ0v) is 45.2. The highest BCUT2D eigenvalue weighted by Crippen LogP contribution is 2.65. The Kier molecular flexibility index (Phi) is 17.0. The second-order valence-electron chi connectivity index (χ2n) is 22.1. The van der Waals surface area contributed by atoms with Gasteiger partial charge in [-0.15, -0.1) is 0 Å². The summed E-state index contributed by atoms with van der Waals surface area (Å²) in [5.41, 5.74) is -7.34. The lowest BCUT2D eigenvalue weighted by atomic mass is 9.44. The van der Waals surface area contributed by atoms with Gasteiger partial charge in [-0.2, -0.15) is 0 Å². The van der Waals surface area contributed by atoms with Crippen molar-refractivity contribution in [3.05, 3.63) is 82.9 Å². The largest absolute Gasteiger partial charge is 0.509 e. The molecule has 12 atom stereocenters. The molecule has 3 aliphatic carbocycles. The molecule has 75 heavy (non-hydrogen) atoms. The van der Waals surface area contributed by atoms with Gasteiger partial charge in [0, 0.05) is 52.2 Å². The fraction of sp³-hybridized carbons (Fsp3) is 0.643. The number of esters is 3. The second-order valence-corrected chi connectivity index (χ2v) is 22.1. The van der Waals surface area contributed by atoms with E-state index in [2.05, 4.69) is 5.32 Å². The van der Waals surface area contributed by atoms with Crippen molar-refractivity contribution in [2.75, 3.05) is 34.0 Å². The molecule has 0 spiro atoms. The third-order valence-electron chi connectivity index (χ3n) is 15.8. The number of rotatable bonds is 17. The van der Waals surface area contributed by atoms with E-state index in [9.17, 15) is 24.3 Å². The fourth-order valence-electron chi connectivity index (χ4n) is 12.3. The average molecular weight is 1050 g/mol. The molecule has 2 N–H and O–H groups in total. The summed E-state index contributed by atoms with van der Waals surface area (Å²) < 4.78 is 67.2. The summed E-state index contributed by atoms with van der Waals surface area (Å²) in [6, 6.07) is 14.8. The molecule has 2 aromatic rings. The molecule has 2 heterocycles. The Morgan fingerprint density at radius 2 is 1.55 bits per heavy atom. The number of hydrogen-bond acceptors (Lipinski definition) is 18. The standard InChI is InChI=1S/C56H75NO18/c1-13-25-54(26-14-2)69-30-36(74-54)29-67-50(63)71-43(41(34-21-17-15-18-22-34)57-49(62)75-51(5,6)7)48(61)70-37-28-56(64)46(72-47(60)35-23-19-16-20-24-35)44-53(10,45(59)42(66-12)40(32(37)3)52(56,8)9)38(65-11)27-39-55(44,31-68-39)73-33(4)58/h15-24,36-39,41-44,46,64H,13-14,25-31H2,1-12H3,(H,57,62)/t36-,37-,38-,39+,41-,42+,43+,44-,46-,53+,55-,56?/m0/s1. The normalized spacial score (nSPS) is 31.4. The molecule has 2 bridgehead atoms. The summed E-state index contributed by atoms with van der Waals surface area (Å²) in [7, 11) is 2.76. The molecule has 2 aromatic carbocycles. The lowest BCUT2D eigenvalue weighted by Crippen LogP contribution is -2.82. The zero-order valence-electron chi connectivity index (χ0n) is 45.2. The minimum Gasteiger partial charge on any atom is -0.455 e. The van der Waals surface area contributed by atoms with Crippen LogP contribution in [0.1, 0.15) is 130 Å². The van der Waals surface area contributed by atoms with Crippen molar-refractivity contribution in [1.82, 2.24) is 5.32 Å². The first kappa shape index (κ1) is 57.3. The Morgan fingerprint density at radius 3 is 2.11 bits per heavy atom. The minimum absolute atomic E-state index is 0.0854. The molecule has 2 saturated carbocycles. The van der Waals surface area contributed by atoms with Gasteiger partial charge in [-0.3, -0.25) is 9.59 Å². The van der Waals surface area contributed by atoms with Gasteiger partial charge in [-0.05, 0) is 63.5 Å². The first-order valence-electron chi connectivity index (χ1n) is 25.9. The number of methoxy groups -OCH3 is 2. The predicted molar refractivity (Wildman–Crippen MR) is 267 cm³/mol. The molecule has 1 amide bonds. The fourth-order valence-corrected chi connectivity index (χ4v) is 12.3. The highest BCUT2D eigenvalue weighted by Gasteiger charge is 2.78. The first-order valence-corrected chi connectivity index (χ1v) is 25.9. The number of nitrogens with one attached hydrogen (secondary N) is 1. The number of alkyl carbamates (subject to hydrolysis) is 1. The number of aliphatic hydroxyl groups is 1. The summed E-state index contributed by atoms with van der Waals surface area (Å²) in [5.74, 6) is -5.57. The van der Waals surface area contributed by atoms with Crippen molar-refractivity contribution in [2.45, 2.75) is 179 Å². The first-order chi connectivity index (χ1) is 35.3. The van der Waals surface area contributed by atoms with E-state index < -0.39 is 130 Å². The van der Waals surface area contributed by atoms with Crippen LogP contribution in [0.4, 0.5) is 9.59 Å². The lowest BCUT2D eigenvalue weighted by Gasteiger charge is -2.67. The van der Waals surface area contributed by atoms with Crippen LogP contribution in [0.15, 0.2) is 71.8 Å². The number of amides is 1. The molecule has 0 radical (unpaired) electrons. The van der Waals surface area contributed by atoms with Crippen LogP contribution in [0, 0.1) is 16.7 Å². The quantitative estimate of drug-likeness (QED) is 0.0889. The second kappa shape index (κ2) is 22.3. The molecule has 0 aromatic heterocycles. The van der Waals surface area contributed by atoms with Crippen LogP contribution in [-0.4, -0.2) is 140 Å². The van der Waals surface area contributed by atoms with Crippen molar-refractivity contribution in [3.63, 3.8) is 0 Å². The SMILES string of the molecule is CCCC1(CCC)OC[C@H](COC(=O)O[C@@H](C(=O)O[C@H]2CC3(O)[C@@H](OC(=O)c4ccccc4)[C@@H]4[C@]5(OC(C)=O)CO[C@@H]5C[C@H](OC)[C@@]4(C)C(=O)[C@H](OC)C(=C2C)C3(C)C)[C@@H](NC(=O)OC(C)(C)C)c2ccccc2)O1. The topological polar surface area (TPSA) is 236 Å². The van der Waals surface area contributed by atoms with Gasteiger partial charge in [0.05, 0.1) is 36.2 Å². The van der Waals surface area contributed by atoms with Gasteiger partial charge in [0.15, 0.2) is 17.2 Å². The van der Waals surface area contributed by atoms with Gasteiger partial charge in [0.1, 0.15) is 54.4 Å². The Bertz CT molecular complexity index is 2450. The van der Waals surface area contributed by atoms with Crippen LogP contribution in [0.25, 0.3) is 0 Å². The number of benzene rings is 2. The average Bonchev–Trinajstić information content (AvgIpc) is 3.75. The number of fused-ring (bicyclic) bond motifs is 5. The summed E-state index contributed by atoms with van der Waals surface area (Å²) in [6.07, 6.45) is -9.03. The zero-order chi connectivity index (χ0) is 54.9. The highest BCUT2D eigenvalue weighted by atomic mass is 16.8.